The second-order valence-electron chi connectivity index (χ2n) is 7.59. The van der Waals surface area contributed by atoms with Crippen molar-refractivity contribution in [2.75, 3.05) is 38.3 Å². The van der Waals surface area contributed by atoms with Crippen molar-refractivity contribution in [1.82, 2.24) is 9.55 Å². The summed E-state index contributed by atoms with van der Waals surface area (Å²) in [6.45, 7) is 8.00. The predicted molar refractivity (Wildman–Crippen MR) is 113 cm³/mol. The first-order valence-corrected chi connectivity index (χ1v) is 10.1. The Labute approximate surface area is 171 Å². The van der Waals surface area contributed by atoms with E-state index in [2.05, 4.69) is 27.7 Å². The second-order valence-corrected chi connectivity index (χ2v) is 7.59. The van der Waals surface area contributed by atoms with E-state index >= 15 is 0 Å². The maximum Gasteiger partial charge on any atom is 0.115 e. The van der Waals surface area contributed by atoms with Gasteiger partial charge in [0, 0.05) is 38.0 Å². The highest BCUT2D eigenvalue weighted by Gasteiger charge is 2.18. The van der Waals surface area contributed by atoms with Gasteiger partial charge < -0.3 is 18.9 Å². The molecule has 0 spiro atoms. The summed E-state index contributed by atoms with van der Waals surface area (Å²) in [5.41, 5.74) is 7.19. The maximum atomic E-state index is 13.3. The third-order valence-corrected chi connectivity index (χ3v) is 5.82. The number of anilines is 1. The molecule has 6 heteroatoms. The molecule has 1 saturated heterocycles. The van der Waals surface area contributed by atoms with Crippen molar-refractivity contribution in [3.63, 3.8) is 0 Å². The number of halogens is 1. The average Bonchev–Trinajstić information content (AvgIpc) is 3.06. The minimum atomic E-state index is -0.442. The molecule has 0 bridgehead atoms. The number of ether oxygens (including phenoxy) is 2. The standard InChI is InChI=1S/C23H28FN3O2/c1-16-18(13-24)5-4-6-19(16)14-27-17(2)25-23-20(15-28-3)11-21(12-22(23)27)26-7-9-29-10-8-26/h4-6,11-12H,7-10,13-15H2,1-3H3. The Morgan fingerprint density at radius 1 is 1.10 bits per heavy atom. The van der Waals surface area contributed by atoms with Gasteiger partial charge in [0.05, 0.1) is 30.9 Å². The lowest BCUT2D eigenvalue weighted by Gasteiger charge is -2.29. The van der Waals surface area contributed by atoms with Crippen LogP contribution in [-0.4, -0.2) is 43.0 Å². The van der Waals surface area contributed by atoms with E-state index in [1.807, 2.05) is 26.0 Å². The molecule has 2 heterocycles. The Morgan fingerprint density at radius 2 is 1.86 bits per heavy atom. The lowest BCUT2D eigenvalue weighted by Crippen LogP contribution is -2.36. The first-order valence-electron chi connectivity index (χ1n) is 10.1. The van der Waals surface area contributed by atoms with Crippen LogP contribution in [0.25, 0.3) is 11.0 Å². The molecule has 1 aliphatic rings. The van der Waals surface area contributed by atoms with Crippen LogP contribution in [0.2, 0.25) is 0 Å². The minimum absolute atomic E-state index is 0.442. The summed E-state index contributed by atoms with van der Waals surface area (Å²) in [6.07, 6.45) is 0. The summed E-state index contributed by atoms with van der Waals surface area (Å²) in [6, 6.07) is 10.3. The smallest absolute Gasteiger partial charge is 0.115 e. The van der Waals surface area contributed by atoms with E-state index in [4.69, 9.17) is 14.5 Å². The molecule has 0 aliphatic carbocycles. The number of rotatable bonds is 6. The minimum Gasteiger partial charge on any atom is -0.380 e. The van der Waals surface area contributed by atoms with Gasteiger partial charge in [0.15, 0.2) is 0 Å². The summed E-state index contributed by atoms with van der Waals surface area (Å²) in [4.78, 5) is 7.20. The Balaban J connectivity index is 1.81. The number of methoxy groups -OCH3 is 1. The number of hydrogen-bond acceptors (Lipinski definition) is 4. The number of alkyl halides is 1. The van der Waals surface area contributed by atoms with Crippen molar-refractivity contribution in [3.8, 4) is 0 Å². The Hall–Kier alpha value is -2.44. The fourth-order valence-electron chi connectivity index (χ4n) is 4.09. The fourth-order valence-corrected chi connectivity index (χ4v) is 4.09. The van der Waals surface area contributed by atoms with Crippen molar-refractivity contribution in [3.05, 3.63) is 58.4 Å². The van der Waals surface area contributed by atoms with Gasteiger partial charge in [-0.2, -0.15) is 0 Å². The third kappa shape index (κ3) is 3.87. The van der Waals surface area contributed by atoms with Gasteiger partial charge in [-0.05, 0) is 42.7 Å². The summed E-state index contributed by atoms with van der Waals surface area (Å²) in [7, 11) is 1.71. The van der Waals surface area contributed by atoms with E-state index in [0.29, 0.717) is 13.2 Å². The molecule has 154 valence electrons. The molecule has 1 fully saturated rings. The van der Waals surface area contributed by atoms with E-state index in [9.17, 15) is 4.39 Å². The van der Waals surface area contributed by atoms with Gasteiger partial charge in [-0.15, -0.1) is 0 Å². The monoisotopic (exact) mass is 397 g/mol. The lowest BCUT2D eigenvalue weighted by molar-refractivity contribution is 0.122. The van der Waals surface area contributed by atoms with Crippen LogP contribution >= 0.6 is 0 Å². The highest BCUT2D eigenvalue weighted by atomic mass is 19.1. The van der Waals surface area contributed by atoms with Gasteiger partial charge in [-0.25, -0.2) is 9.37 Å². The molecule has 4 rings (SSSR count). The maximum absolute atomic E-state index is 13.3. The van der Waals surface area contributed by atoms with Crippen molar-refractivity contribution in [2.45, 2.75) is 33.7 Å². The van der Waals surface area contributed by atoms with Crippen LogP contribution in [0.4, 0.5) is 10.1 Å². The van der Waals surface area contributed by atoms with Crippen LogP contribution in [0, 0.1) is 13.8 Å². The molecule has 0 amide bonds. The molecule has 3 aromatic rings. The quantitative estimate of drug-likeness (QED) is 0.626. The summed E-state index contributed by atoms with van der Waals surface area (Å²) in [5.74, 6) is 0.946. The van der Waals surface area contributed by atoms with Crippen molar-refractivity contribution < 1.29 is 13.9 Å². The average molecular weight is 397 g/mol. The zero-order chi connectivity index (χ0) is 20.4. The van der Waals surface area contributed by atoms with Crippen molar-refractivity contribution >= 4 is 16.7 Å². The molecule has 2 aromatic carbocycles. The topological polar surface area (TPSA) is 39.5 Å². The summed E-state index contributed by atoms with van der Waals surface area (Å²) in [5, 5.41) is 0. The highest BCUT2D eigenvalue weighted by molar-refractivity contribution is 5.84. The molecule has 1 aromatic heterocycles. The molecule has 0 atom stereocenters. The number of hydrogen-bond donors (Lipinski definition) is 0. The van der Waals surface area contributed by atoms with E-state index in [1.54, 1.807) is 7.11 Å². The molecule has 1 aliphatic heterocycles. The van der Waals surface area contributed by atoms with Crippen LogP contribution in [0.5, 0.6) is 0 Å². The van der Waals surface area contributed by atoms with Gasteiger partial charge in [0.25, 0.3) is 0 Å². The Bertz CT molecular complexity index is 1010. The number of aryl methyl sites for hydroxylation is 1. The van der Waals surface area contributed by atoms with E-state index in [1.165, 1.54) is 5.69 Å². The summed E-state index contributed by atoms with van der Waals surface area (Å²) >= 11 is 0. The summed E-state index contributed by atoms with van der Waals surface area (Å²) < 4.78 is 26.5. The van der Waals surface area contributed by atoms with Crippen LogP contribution in [0.3, 0.4) is 0 Å². The second kappa shape index (κ2) is 8.51. The number of nitrogens with zero attached hydrogens (tertiary/aromatic N) is 3. The van der Waals surface area contributed by atoms with E-state index in [-0.39, 0.29) is 0 Å². The molecule has 0 radical (unpaired) electrons. The molecule has 29 heavy (non-hydrogen) atoms. The normalized spacial score (nSPS) is 14.7. The molecule has 5 nitrogen and oxygen atoms in total. The number of imidazole rings is 1. The molecule has 0 saturated carbocycles. The zero-order valence-electron chi connectivity index (χ0n) is 17.4. The van der Waals surface area contributed by atoms with Gasteiger partial charge in [0.1, 0.15) is 12.5 Å². The zero-order valence-corrected chi connectivity index (χ0v) is 17.4. The molecular formula is C23H28FN3O2. The van der Waals surface area contributed by atoms with Gasteiger partial charge in [0.2, 0.25) is 0 Å². The van der Waals surface area contributed by atoms with E-state index < -0.39 is 6.67 Å². The predicted octanol–water partition coefficient (Wildman–Crippen LogP) is 4.15. The van der Waals surface area contributed by atoms with Gasteiger partial charge in [-0.1, -0.05) is 18.2 Å². The number of aromatic nitrogens is 2. The number of benzene rings is 2. The van der Waals surface area contributed by atoms with Gasteiger partial charge in [-0.3, -0.25) is 0 Å². The molecular weight excluding hydrogens is 369 g/mol. The third-order valence-electron chi connectivity index (χ3n) is 5.82. The lowest BCUT2D eigenvalue weighted by atomic mass is 10.0. The van der Waals surface area contributed by atoms with E-state index in [0.717, 1.165) is 65.4 Å². The van der Waals surface area contributed by atoms with Crippen LogP contribution in [0.15, 0.2) is 30.3 Å². The van der Waals surface area contributed by atoms with Crippen LogP contribution in [-0.2, 0) is 29.3 Å². The van der Waals surface area contributed by atoms with Crippen LogP contribution in [0.1, 0.15) is 28.1 Å². The number of morpholine rings is 1. The Morgan fingerprint density at radius 3 is 2.59 bits per heavy atom. The van der Waals surface area contributed by atoms with Gasteiger partial charge >= 0.3 is 0 Å². The van der Waals surface area contributed by atoms with Crippen LogP contribution < -0.4 is 4.90 Å². The largest absolute Gasteiger partial charge is 0.380 e. The fraction of sp³-hybridized carbons (Fsp3) is 0.435. The first-order chi connectivity index (χ1) is 14.1. The molecule has 0 N–H and O–H groups in total. The highest BCUT2D eigenvalue weighted by Crippen LogP contribution is 2.29. The van der Waals surface area contributed by atoms with Crippen molar-refractivity contribution in [2.24, 2.45) is 0 Å². The first kappa shape index (κ1) is 19.9. The number of fused-ring (bicyclic) bond motifs is 1. The Kier molecular flexibility index (Phi) is 5.83. The van der Waals surface area contributed by atoms with Crippen molar-refractivity contribution in [1.29, 1.82) is 0 Å². The SMILES string of the molecule is COCc1cc(N2CCOCC2)cc2c1nc(C)n2Cc1cccc(CF)c1C. The molecule has 0 unspecified atom stereocenters.